The number of hydrogen-bond acceptors (Lipinski definition) is 1. The third-order valence-corrected chi connectivity index (χ3v) is 4.15. The second kappa shape index (κ2) is 10.9. The number of unbranched alkanes of at least 4 members (excludes halogenated alkanes) is 8. The molecule has 0 aliphatic heterocycles. The molecule has 0 amide bonds. The zero-order chi connectivity index (χ0) is 14.6. The van der Waals surface area contributed by atoms with Gasteiger partial charge in [-0.25, -0.2) is 0 Å². The van der Waals surface area contributed by atoms with Crippen LogP contribution in [0.2, 0.25) is 0 Å². The van der Waals surface area contributed by atoms with Crippen LogP contribution < -0.4 is 5.73 Å². The second-order valence-corrected chi connectivity index (χ2v) is 6.15. The molecule has 0 unspecified atom stereocenters. The molecule has 1 aromatic carbocycles. The highest BCUT2D eigenvalue weighted by Crippen LogP contribution is 2.15. The van der Waals surface area contributed by atoms with E-state index in [2.05, 4.69) is 32.0 Å². The van der Waals surface area contributed by atoms with Gasteiger partial charge in [0.25, 0.3) is 0 Å². The van der Waals surface area contributed by atoms with E-state index in [1.165, 1.54) is 80.9 Å². The average molecular weight is 275 g/mol. The minimum Gasteiger partial charge on any atom is -0.330 e. The minimum absolute atomic E-state index is 0.860. The van der Waals surface area contributed by atoms with Crippen LogP contribution in [-0.2, 0) is 6.42 Å². The zero-order valence-electron chi connectivity index (χ0n) is 13.6. The molecular weight excluding hydrogens is 242 g/mol. The van der Waals surface area contributed by atoms with Gasteiger partial charge in [0.1, 0.15) is 0 Å². The van der Waals surface area contributed by atoms with Crippen LogP contribution in [0.5, 0.6) is 0 Å². The lowest BCUT2D eigenvalue weighted by Gasteiger charge is -2.07. The van der Waals surface area contributed by atoms with E-state index in [4.69, 9.17) is 5.73 Å². The third-order valence-electron chi connectivity index (χ3n) is 4.15. The smallest absolute Gasteiger partial charge is 0.00773 e. The highest BCUT2D eigenvalue weighted by molar-refractivity contribution is 5.30. The molecule has 0 heterocycles. The average Bonchev–Trinajstić information content (AvgIpc) is 2.43. The molecule has 1 rings (SSSR count). The van der Waals surface area contributed by atoms with E-state index in [9.17, 15) is 0 Å². The quantitative estimate of drug-likeness (QED) is 0.544. The Morgan fingerprint density at radius 2 is 1.30 bits per heavy atom. The van der Waals surface area contributed by atoms with Gasteiger partial charge in [-0.1, -0.05) is 68.7 Å². The molecule has 0 aromatic heterocycles. The van der Waals surface area contributed by atoms with Crippen molar-refractivity contribution in [3.63, 3.8) is 0 Å². The van der Waals surface area contributed by atoms with Gasteiger partial charge in [0.2, 0.25) is 0 Å². The van der Waals surface area contributed by atoms with Crippen molar-refractivity contribution in [2.45, 2.75) is 78.1 Å². The molecule has 0 radical (unpaired) electrons. The first kappa shape index (κ1) is 17.2. The monoisotopic (exact) mass is 275 g/mol. The van der Waals surface area contributed by atoms with E-state index in [1.54, 1.807) is 0 Å². The van der Waals surface area contributed by atoms with Gasteiger partial charge in [0, 0.05) is 0 Å². The van der Waals surface area contributed by atoms with Gasteiger partial charge < -0.3 is 5.73 Å². The molecule has 20 heavy (non-hydrogen) atoms. The number of nitrogens with two attached hydrogens (primary N) is 1. The lowest BCUT2D eigenvalue weighted by molar-refractivity contribution is 0.560. The highest BCUT2D eigenvalue weighted by Gasteiger charge is 1.99. The Balaban J connectivity index is 1.97. The summed E-state index contributed by atoms with van der Waals surface area (Å²) in [6, 6.07) is 6.85. The van der Waals surface area contributed by atoms with Crippen LogP contribution in [0.15, 0.2) is 18.2 Å². The molecule has 0 spiro atoms. The van der Waals surface area contributed by atoms with Gasteiger partial charge in [-0.15, -0.1) is 0 Å². The predicted molar refractivity (Wildman–Crippen MR) is 90.2 cm³/mol. The molecular formula is C19H33N. The summed E-state index contributed by atoms with van der Waals surface area (Å²) in [7, 11) is 0. The number of rotatable bonds is 11. The summed E-state index contributed by atoms with van der Waals surface area (Å²) in [5.41, 5.74) is 9.87. The molecule has 2 N–H and O–H groups in total. The topological polar surface area (TPSA) is 26.0 Å². The van der Waals surface area contributed by atoms with Crippen molar-refractivity contribution in [2.75, 3.05) is 6.54 Å². The van der Waals surface area contributed by atoms with Crippen molar-refractivity contribution in [3.05, 3.63) is 34.9 Å². The fraction of sp³-hybridized carbons (Fsp3) is 0.684. The number of benzene rings is 1. The molecule has 1 nitrogen and oxygen atoms in total. The van der Waals surface area contributed by atoms with E-state index in [-0.39, 0.29) is 0 Å². The Morgan fingerprint density at radius 1 is 0.750 bits per heavy atom. The van der Waals surface area contributed by atoms with Crippen LogP contribution in [0.4, 0.5) is 0 Å². The Bertz CT molecular complexity index is 357. The normalized spacial score (nSPS) is 10.9. The molecule has 0 fully saturated rings. The Kier molecular flexibility index (Phi) is 9.40. The van der Waals surface area contributed by atoms with E-state index in [0.717, 1.165) is 6.54 Å². The van der Waals surface area contributed by atoms with Crippen molar-refractivity contribution in [1.29, 1.82) is 0 Å². The molecule has 1 aromatic rings. The molecule has 0 saturated carbocycles. The van der Waals surface area contributed by atoms with Crippen LogP contribution in [0, 0.1) is 13.8 Å². The van der Waals surface area contributed by atoms with Gasteiger partial charge >= 0.3 is 0 Å². The summed E-state index contributed by atoms with van der Waals surface area (Å²) in [5, 5.41) is 0. The Labute approximate surface area is 126 Å². The zero-order valence-corrected chi connectivity index (χ0v) is 13.6. The summed E-state index contributed by atoms with van der Waals surface area (Å²) < 4.78 is 0. The van der Waals surface area contributed by atoms with Crippen molar-refractivity contribution < 1.29 is 0 Å². The maximum absolute atomic E-state index is 5.49. The van der Waals surface area contributed by atoms with E-state index in [1.807, 2.05) is 0 Å². The third kappa shape index (κ3) is 7.69. The molecule has 1 heteroatoms. The van der Waals surface area contributed by atoms with Crippen molar-refractivity contribution >= 4 is 0 Å². The van der Waals surface area contributed by atoms with E-state index < -0.39 is 0 Å². The van der Waals surface area contributed by atoms with Crippen LogP contribution in [-0.4, -0.2) is 6.54 Å². The molecule has 0 aliphatic rings. The maximum Gasteiger partial charge on any atom is -0.00773 e. The summed E-state index contributed by atoms with van der Waals surface area (Å²) in [6.45, 7) is 5.27. The summed E-state index contributed by atoms with van der Waals surface area (Å²) in [4.78, 5) is 0. The first-order chi connectivity index (χ1) is 9.74. The molecule has 0 saturated heterocycles. The largest absolute Gasteiger partial charge is 0.330 e. The minimum atomic E-state index is 0.860. The van der Waals surface area contributed by atoms with Gasteiger partial charge in [0.05, 0.1) is 0 Å². The van der Waals surface area contributed by atoms with Crippen LogP contribution in [0.3, 0.4) is 0 Å². The first-order valence-corrected chi connectivity index (χ1v) is 8.50. The molecule has 0 atom stereocenters. The first-order valence-electron chi connectivity index (χ1n) is 8.50. The van der Waals surface area contributed by atoms with Crippen LogP contribution in [0.25, 0.3) is 0 Å². The van der Waals surface area contributed by atoms with Crippen LogP contribution >= 0.6 is 0 Å². The number of aryl methyl sites for hydroxylation is 3. The van der Waals surface area contributed by atoms with Crippen LogP contribution in [0.1, 0.15) is 74.5 Å². The lowest BCUT2D eigenvalue weighted by atomic mass is 9.99. The van der Waals surface area contributed by atoms with Gasteiger partial charge in [-0.3, -0.25) is 0 Å². The number of hydrogen-bond donors (Lipinski definition) is 1. The lowest BCUT2D eigenvalue weighted by Crippen LogP contribution is -1.97. The predicted octanol–water partition coefficient (Wildman–Crippen LogP) is 5.32. The van der Waals surface area contributed by atoms with Crippen molar-refractivity contribution in [1.82, 2.24) is 0 Å². The standard InChI is InChI=1S/C19H33N/c1-17-13-14-19(18(2)16-17)12-10-8-6-4-3-5-7-9-11-15-20/h13-14,16H,3-12,15,20H2,1-2H3. The molecule has 0 aliphatic carbocycles. The molecule has 114 valence electrons. The van der Waals surface area contributed by atoms with Crippen molar-refractivity contribution in [2.24, 2.45) is 5.73 Å². The Hall–Kier alpha value is -0.820. The summed E-state index contributed by atoms with van der Waals surface area (Å²) in [5.74, 6) is 0. The SMILES string of the molecule is Cc1ccc(CCCCCCCCCCCN)c(C)c1. The summed E-state index contributed by atoms with van der Waals surface area (Å²) in [6.07, 6.45) is 13.5. The van der Waals surface area contributed by atoms with E-state index in [0.29, 0.717) is 0 Å². The van der Waals surface area contributed by atoms with Gasteiger partial charge in [0.15, 0.2) is 0 Å². The van der Waals surface area contributed by atoms with Gasteiger partial charge in [-0.2, -0.15) is 0 Å². The molecule has 0 bridgehead atoms. The van der Waals surface area contributed by atoms with Crippen molar-refractivity contribution in [3.8, 4) is 0 Å². The fourth-order valence-electron chi connectivity index (χ4n) is 2.82. The summed E-state index contributed by atoms with van der Waals surface area (Å²) >= 11 is 0. The van der Waals surface area contributed by atoms with Gasteiger partial charge in [-0.05, 0) is 50.8 Å². The fourth-order valence-corrected chi connectivity index (χ4v) is 2.82. The van der Waals surface area contributed by atoms with E-state index >= 15 is 0 Å². The highest BCUT2D eigenvalue weighted by atomic mass is 14.5. The Morgan fingerprint density at radius 3 is 1.85 bits per heavy atom. The maximum atomic E-state index is 5.49. The second-order valence-electron chi connectivity index (χ2n) is 6.15.